The van der Waals surface area contributed by atoms with E-state index in [1.54, 1.807) is 12.1 Å². The number of ether oxygens (including phenoxy) is 1. The number of hydrogen-bond donors (Lipinski definition) is 3. The van der Waals surface area contributed by atoms with Crippen molar-refractivity contribution in [3.63, 3.8) is 0 Å². The lowest BCUT2D eigenvalue weighted by molar-refractivity contribution is -0.125. The van der Waals surface area contributed by atoms with Crippen LogP contribution in [0.15, 0.2) is 42.4 Å². The zero-order valence-electron chi connectivity index (χ0n) is 26.2. The molecule has 0 unspecified atom stereocenters. The fraction of sp³-hybridized carbons (Fsp3) is 0.514. The summed E-state index contributed by atoms with van der Waals surface area (Å²) < 4.78 is 5.45. The number of phenols is 1. The van der Waals surface area contributed by atoms with Gasteiger partial charge in [0.15, 0.2) is 17.3 Å². The molecule has 4 aliphatic rings. The van der Waals surface area contributed by atoms with Crippen LogP contribution in [0.3, 0.4) is 0 Å². The molecule has 1 aromatic heterocycles. The standard InChI is InChI=1S/C35H44N4O4S2/c1-3-22-6-8-26(40)17-30(41)23-7-9-27(28-18-31(42)32(43-2)16-24(28)14-23)25-15-29(34(36)38-19-25)33(45-44-20-22)35(10-4-5-11-35)39-13-12-37-21-39/h12-16,18-19,22,27,33,37,42H,3-11,17,20-21H2,1-2H3,(H2,36,38)/t22-,27+,33-/m0/s1. The van der Waals surface area contributed by atoms with Gasteiger partial charge in [-0.3, -0.25) is 9.59 Å². The van der Waals surface area contributed by atoms with Crippen LogP contribution in [-0.2, 0) is 9.59 Å². The SMILES string of the molecule is CC[C@H]1CCC(=O)CC(=O)C2=Cc3cc(OC)c(O)cc3[C@H](CC2)c2cnc(N)c(c2)[C@@H](C2(N3C=CNC3)CCCC2)SSC1. The first-order valence-corrected chi connectivity index (χ1v) is 18.6. The van der Waals surface area contributed by atoms with Crippen molar-refractivity contribution >= 4 is 45.0 Å². The van der Waals surface area contributed by atoms with Crippen LogP contribution < -0.4 is 15.8 Å². The maximum absolute atomic E-state index is 13.5. The number of fused-ring (bicyclic) bond motifs is 8. The van der Waals surface area contributed by atoms with Crippen molar-refractivity contribution in [1.29, 1.82) is 0 Å². The molecule has 3 atom stereocenters. The number of benzene rings is 1. The van der Waals surface area contributed by atoms with E-state index in [0.717, 1.165) is 60.4 Å². The third-order valence-corrected chi connectivity index (χ3v) is 13.2. The highest BCUT2D eigenvalue weighted by molar-refractivity contribution is 8.76. The largest absolute Gasteiger partial charge is 0.504 e. The van der Waals surface area contributed by atoms with Crippen LogP contribution in [-0.4, -0.2) is 51.6 Å². The van der Waals surface area contributed by atoms with Gasteiger partial charge in [0.2, 0.25) is 0 Å². The summed E-state index contributed by atoms with van der Waals surface area (Å²) in [5.74, 6) is 2.02. The smallest absolute Gasteiger partial charge is 0.166 e. The number of methoxy groups -OCH3 is 1. The summed E-state index contributed by atoms with van der Waals surface area (Å²) in [6.45, 7) is 2.96. The lowest BCUT2D eigenvalue weighted by Crippen LogP contribution is -2.48. The average Bonchev–Trinajstić information content (AvgIpc) is 3.72. The molecule has 45 heavy (non-hydrogen) atoms. The van der Waals surface area contributed by atoms with Crippen molar-refractivity contribution < 1.29 is 19.4 Å². The second-order valence-electron chi connectivity index (χ2n) is 12.8. The number of nitrogens with zero attached hydrogens (tertiary/aromatic N) is 2. The number of anilines is 1. The molecule has 6 rings (SSSR count). The first-order chi connectivity index (χ1) is 21.8. The van der Waals surface area contributed by atoms with Crippen LogP contribution in [0.2, 0.25) is 0 Å². The number of hydrogen-bond acceptors (Lipinski definition) is 10. The number of pyridine rings is 1. The Hall–Kier alpha value is -3.11. The summed E-state index contributed by atoms with van der Waals surface area (Å²) >= 11 is 0. The second-order valence-corrected chi connectivity index (χ2v) is 15.3. The number of nitrogens with one attached hydrogen (secondary N) is 1. The molecule has 2 aliphatic heterocycles. The number of aromatic hydroxyl groups is 1. The van der Waals surface area contributed by atoms with Crippen molar-refractivity contribution in [2.45, 2.75) is 87.8 Å². The van der Waals surface area contributed by atoms with Crippen molar-refractivity contribution in [2.75, 3.05) is 25.3 Å². The van der Waals surface area contributed by atoms with E-state index in [-0.39, 0.29) is 40.4 Å². The van der Waals surface area contributed by atoms with E-state index in [0.29, 0.717) is 42.3 Å². The molecule has 2 aliphatic carbocycles. The minimum absolute atomic E-state index is 0.00496. The fourth-order valence-corrected chi connectivity index (χ4v) is 11.2. The van der Waals surface area contributed by atoms with E-state index in [9.17, 15) is 14.7 Å². The summed E-state index contributed by atoms with van der Waals surface area (Å²) in [6.07, 6.45) is 15.7. The zero-order chi connectivity index (χ0) is 31.6. The van der Waals surface area contributed by atoms with Crippen molar-refractivity contribution in [3.8, 4) is 11.5 Å². The molecule has 2 aromatic rings. The van der Waals surface area contributed by atoms with Gasteiger partial charge < -0.3 is 25.8 Å². The van der Waals surface area contributed by atoms with Gasteiger partial charge >= 0.3 is 0 Å². The summed E-state index contributed by atoms with van der Waals surface area (Å²) in [5, 5.41) is 14.3. The molecule has 1 saturated carbocycles. The topological polar surface area (TPSA) is 118 Å². The third kappa shape index (κ3) is 6.45. The van der Waals surface area contributed by atoms with Gasteiger partial charge in [0.25, 0.3) is 0 Å². The van der Waals surface area contributed by atoms with Crippen LogP contribution >= 0.6 is 21.6 Å². The van der Waals surface area contributed by atoms with Gasteiger partial charge in [0.05, 0.1) is 31.0 Å². The molecule has 8 nitrogen and oxygen atoms in total. The Morgan fingerprint density at radius 1 is 1.16 bits per heavy atom. The Balaban J connectivity index is 1.49. The predicted octanol–water partition coefficient (Wildman–Crippen LogP) is 7.10. The Bertz CT molecular complexity index is 1500. The number of nitrogens with two attached hydrogens (primary N) is 1. The average molecular weight is 649 g/mol. The number of Topliss-reactive ketones (excluding diaryl/α,β-unsaturated/α-hetero) is 2. The third-order valence-electron chi connectivity index (χ3n) is 10.2. The minimum Gasteiger partial charge on any atom is -0.504 e. The number of allylic oxidation sites excluding steroid dienone is 1. The maximum atomic E-state index is 13.5. The molecule has 3 heterocycles. The van der Waals surface area contributed by atoms with Gasteiger partial charge in [0.1, 0.15) is 11.6 Å². The molecule has 1 aromatic carbocycles. The Labute approximate surface area is 274 Å². The molecule has 240 valence electrons. The monoisotopic (exact) mass is 648 g/mol. The highest BCUT2D eigenvalue weighted by Crippen LogP contribution is 2.56. The van der Waals surface area contributed by atoms with Gasteiger partial charge in [-0.15, -0.1) is 0 Å². The zero-order valence-corrected chi connectivity index (χ0v) is 27.9. The van der Waals surface area contributed by atoms with Crippen LogP contribution in [0.4, 0.5) is 5.82 Å². The number of phenolic OH excluding ortho intramolecular Hbond substituents is 1. The Morgan fingerprint density at radius 3 is 2.71 bits per heavy atom. The van der Waals surface area contributed by atoms with Crippen molar-refractivity contribution in [3.05, 3.63) is 64.6 Å². The molecule has 1 fully saturated rings. The molecule has 0 spiro atoms. The van der Waals surface area contributed by atoms with Gasteiger partial charge in [-0.25, -0.2) is 4.98 Å². The van der Waals surface area contributed by atoms with E-state index in [1.165, 1.54) is 20.0 Å². The summed E-state index contributed by atoms with van der Waals surface area (Å²) in [5.41, 5.74) is 11.1. The van der Waals surface area contributed by atoms with Gasteiger partial charge in [-0.2, -0.15) is 0 Å². The van der Waals surface area contributed by atoms with Crippen molar-refractivity contribution in [2.24, 2.45) is 5.92 Å². The minimum atomic E-state index is -0.132. The van der Waals surface area contributed by atoms with E-state index < -0.39 is 0 Å². The normalized spacial score (nSPS) is 25.3. The first kappa shape index (κ1) is 31.9. The maximum Gasteiger partial charge on any atom is 0.166 e. The van der Waals surface area contributed by atoms with Crippen LogP contribution in [0, 0.1) is 5.92 Å². The molecule has 0 radical (unpaired) electrons. The van der Waals surface area contributed by atoms with E-state index >= 15 is 0 Å². The number of ketones is 2. The number of carbonyl (C=O) groups excluding carboxylic acids is 2. The predicted molar refractivity (Wildman–Crippen MR) is 183 cm³/mol. The van der Waals surface area contributed by atoms with Crippen LogP contribution in [0.1, 0.15) is 105 Å². The van der Waals surface area contributed by atoms with E-state index in [1.807, 2.05) is 40.1 Å². The molecule has 0 amide bonds. The van der Waals surface area contributed by atoms with E-state index in [4.69, 9.17) is 15.5 Å². The number of carbonyl (C=O) groups is 2. The molecule has 0 saturated heterocycles. The molecular formula is C35H44N4O4S2. The Kier molecular flexibility index (Phi) is 9.71. The summed E-state index contributed by atoms with van der Waals surface area (Å²) in [7, 11) is 5.30. The van der Waals surface area contributed by atoms with Crippen molar-refractivity contribution in [1.82, 2.24) is 15.2 Å². The van der Waals surface area contributed by atoms with Gasteiger partial charge in [-0.05, 0) is 84.6 Å². The van der Waals surface area contributed by atoms with Gasteiger partial charge in [-0.1, -0.05) is 47.8 Å². The first-order valence-electron chi connectivity index (χ1n) is 16.2. The highest BCUT2D eigenvalue weighted by Gasteiger charge is 2.48. The highest BCUT2D eigenvalue weighted by atomic mass is 33.1. The summed E-state index contributed by atoms with van der Waals surface area (Å²) in [4.78, 5) is 33.9. The number of rotatable bonds is 4. The number of aromatic nitrogens is 1. The second kappa shape index (κ2) is 13.7. The quantitative estimate of drug-likeness (QED) is 0.234. The molecule has 10 heteroatoms. The van der Waals surface area contributed by atoms with Crippen LogP contribution in [0.5, 0.6) is 11.5 Å². The fourth-order valence-electron chi connectivity index (χ4n) is 7.51. The van der Waals surface area contributed by atoms with Crippen LogP contribution in [0.25, 0.3) is 6.08 Å². The lowest BCUT2D eigenvalue weighted by Gasteiger charge is -2.45. The molecular weight excluding hydrogens is 605 g/mol. The Morgan fingerprint density at radius 2 is 1.98 bits per heavy atom. The summed E-state index contributed by atoms with van der Waals surface area (Å²) in [6, 6.07) is 5.80. The number of nitrogen functional groups attached to an aromatic ring is 1. The lowest BCUT2D eigenvalue weighted by atomic mass is 9.83. The molecule has 4 N–H and O–H groups in total. The van der Waals surface area contributed by atoms with E-state index in [2.05, 4.69) is 29.4 Å². The molecule has 4 bridgehead atoms. The van der Waals surface area contributed by atoms with Gasteiger partial charge in [0, 0.05) is 42.3 Å².